The molecule has 0 atom stereocenters. The van der Waals surface area contributed by atoms with E-state index >= 15 is 0 Å². The van der Waals surface area contributed by atoms with Gasteiger partial charge in [-0.1, -0.05) is 60.2 Å². The number of aryl methyl sites for hydroxylation is 2. The first-order valence-electron chi connectivity index (χ1n) is 9.30. The maximum absolute atomic E-state index is 12.3. The van der Waals surface area contributed by atoms with Crippen LogP contribution in [0.25, 0.3) is 0 Å². The summed E-state index contributed by atoms with van der Waals surface area (Å²) in [6, 6.07) is 21.6. The fourth-order valence-corrected chi connectivity index (χ4v) is 3.97. The summed E-state index contributed by atoms with van der Waals surface area (Å²) >= 11 is 0. The number of anilines is 2. The van der Waals surface area contributed by atoms with Gasteiger partial charge in [0.2, 0.25) is 10.0 Å². The van der Waals surface area contributed by atoms with E-state index in [1.807, 2.05) is 42.5 Å². The van der Waals surface area contributed by atoms with Crippen molar-refractivity contribution < 1.29 is 8.42 Å². The topological polar surface area (TPSA) is 71.1 Å². The van der Waals surface area contributed by atoms with E-state index in [1.54, 1.807) is 12.3 Å². The van der Waals surface area contributed by atoms with Gasteiger partial charge in [-0.05, 0) is 43.0 Å². The molecule has 5 nitrogen and oxygen atoms in total. The molecule has 0 aliphatic rings. The fourth-order valence-electron chi connectivity index (χ4n) is 2.91. The minimum Gasteiger partial charge on any atom is -0.380 e. The first kappa shape index (κ1) is 19.9. The summed E-state index contributed by atoms with van der Waals surface area (Å²) in [6.07, 6.45) is 2.93. The van der Waals surface area contributed by atoms with Gasteiger partial charge in [0, 0.05) is 6.54 Å². The number of pyridine rings is 1. The molecule has 0 spiro atoms. The summed E-state index contributed by atoms with van der Waals surface area (Å²) < 4.78 is 27.0. The van der Waals surface area contributed by atoms with Crippen LogP contribution in [0.3, 0.4) is 0 Å². The van der Waals surface area contributed by atoms with Crippen molar-refractivity contribution >= 4 is 21.5 Å². The monoisotopic (exact) mass is 395 g/mol. The van der Waals surface area contributed by atoms with E-state index in [0.717, 1.165) is 17.7 Å². The zero-order chi connectivity index (χ0) is 19.8. The van der Waals surface area contributed by atoms with Gasteiger partial charge in [0.1, 0.15) is 5.82 Å². The molecule has 0 bridgehead atoms. The molecule has 2 N–H and O–H groups in total. The van der Waals surface area contributed by atoms with Crippen molar-refractivity contribution in [1.82, 2.24) is 4.98 Å². The maximum atomic E-state index is 12.3. The van der Waals surface area contributed by atoms with Crippen molar-refractivity contribution in [1.29, 1.82) is 0 Å². The number of aromatic nitrogens is 1. The van der Waals surface area contributed by atoms with Crippen LogP contribution in [0.4, 0.5) is 11.5 Å². The van der Waals surface area contributed by atoms with Crippen LogP contribution in [0.2, 0.25) is 0 Å². The van der Waals surface area contributed by atoms with E-state index in [-0.39, 0.29) is 5.75 Å². The van der Waals surface area contributed by atoms with Gasteiger partial charge >= 0.3 is 0 Å². The molecule has 0 aliphatic carbocycles. The summed E-state index contributed by atoms with van der Waals surface area (Å²) in [4.78, 5) is 4.21. The normalized spacial score (nSPS) is 11.2. The quantitative estimate of drug-likeness (QED) is 0.564. The summed E-state index contributed by atoms with van der Waals surface area (Å²) in [6.45, 7) is 2.75. The Labute approximate surface area is 166 Å². The summed E-state index contributed by atoms with van der Waals surface area (Å²) in [5, 5.41) is 3.29. The molecule has 2 aromatic carbocycles. The molecule has 0 amide bonds. The number of rotatable bonds is 9. The molecule has 0 radical (unpaired) electrons. The standard InChI is InChI=1S/C22H25N3O2S/c1-18-7-5-10-20(15-18)16-23-21-12-13-22(24-17-21)25-28(26,27)14-6-11-19-8-3-2-4-9-19/h2-5,7-10,12-13,15,17,23H,6,11,14,16H2,1H3,(H,24,25). The minimum atomic E-state index is -3.41. The molecule has 0 fully saturated rings. The number of sulfonamides is 1. The second kappa shape index (κ2) is 9.37. The van der Waals surface area contributed by atoms with Crippen molar-refractivity contribution in [3.63, 3.8) is 0 Å². The molecule has 0 unspecified atom stereocenters. The van der Waals surface area contributed by atoms with E-state index in [0.29, 0.717) is 18.8 Å². The number of hydrogen-bond acceptors (Lipinski definition) is 4. The Morgan fingerprint density at radius 3 is 2.43 bits per heavy atom. The highest BCUT2D eigenvalue weighted by Gasteiger charge is 2.11. The van der Waals surface area contributed by atoms with E-state index < -0.39 is 10.0 Å². The van der Waals surface area contributed by atoms with Crippen LogP contribution in [-0.4, -0.2) is 19.2 Å². The highest BCUT2D eigenvalue weighted by molar-refractivity contribution is 7.92. The largest absolute Gasteiger partial charge is 0.380 e. The van der Waals surface area contributed by atoms with Crippen LogP contribution >= 0.6 is 0 Å². The average Bonchev–Trinajstić information content (AvgIpc) is 2.68. The summed E-state index contributed by atoms with van der Waals surface area (Å²) in [7, 11) is -3.41. The SMILES string of the molecule is Cc1cccc(CNc2ccc(NS(=O)(=O)CCCc3ccccc3)nc2)c1. The highest BCUT2D eigenvalue weighted by atomic mass is 32.2. The Balaban J connectivity index is 1.48. The van der Waals surface area contributed by atoms with Crippen LogP contribution in [-0.2, 0) is 23.0 Å². The first-order valence-corrected chi connectivity index (χ1v) is 11.0. The Bertz CT molecular complexity index is 988. The third-order valence-corrected chi connectivity index (χ3v) is 5.67. The van der Waals surface area contributed by atoms with Crippen LogP contribution in [0, 0.1) is 6.92 Å². The Morgan fingerprint density at radius 2 is 1.71 bits per heavy atom. The molecule has 6 heteroatoms. The van der Waals surface area contributed by atoms with E-state index in [4.69, 9.17) is 0 Å². The van der Waals surface area contributed by atoms with E-state index in [9.17, 15) is 8.42 Å². The van der Waals surface area contributed by atoms with Crippen LogP contribution < -0.4 is 10.0 Å². The molecular formula is C22H25N3O2S. The van der Waals surface area contributed by atoms with E-state index in [2.05, 4.69) is 40.1 Å². The van der Waals surface area contributed by atoms with Gasteiger partial charge in [-0.25, -0.2) is 13.4 Å². The Kier molecular flexibility index (Phi) is 6.66. The molecule has 146 valence electrons. The number of hydrogen-bond donors (Lipinski definition) is 2. The number of nitrogens with one attached hydrogen (secondary N) is 2. The molecule has 0 aliphatic heterocycles. The molecule has 1 aromatic heterocycles. The summed E-state index contributed by atoms with van der Waals surface area (Å²) in [5.74, 6) is 0.400. The first-order chi connectivity index (χ1) is 13.5. The van der Waals surface area contributed by atoms with Gasteiger partial charge in [0.15, 0.2) is 0 Å². The van der Waals surface area contributed by atoms with Gasteiger partial charge in [0.25, 0.3) is 0 Å². The molecule has 0 saturated heterocycles. The van der Waals surface area contributed by atoms with Crippen molar-refractivity contribution in [3.05, 3.63) is 89.6 Å². The third-order valence-electron chi connectivity index (χ3n) is 4.32. The lowest BCUT2D eigenvalue weighted by molar-refractivity contribution is 0.598. The van der Waals surface area contributed by atoms with Crippen LogP contribution in [0.15, 0.2) is 72.9 Å². The average molecular weight is 396 g/mol. The van der Waals surface area contributed by atoms with Gasteiger partial charge in [0.05, 0.1) is 17.6 Å². The second-order valence-electron chi connectivity index (χ2n) is 6.78. The van der Waals surface area contributed by atoms with Gasteiger partial charge in [-0.3, -0.25) is 4.72 Å². The lowest BCUT2D eigenvalue weighted by atomic mass is 10.1. The van der Waals surface area contributed by atoms with Gasteiger partial charge in [-0.15, -0.1) is 0 Å². The van der Waals surface area contributed by atoms with Crippen LogP contribution in [0.1, 0.15) is 23.1 Å². The Morgan fingerprint density at radius 1 is 0.929 bits per heavy atom. The van der Waals surface area contributed by atoms with Crippen molar-refractivity contribution in [2.75, 3.05) is 15.8 Å². The lowest BCUT2D eigenvalue weighted by Crippen LogP contribution is -2.18. The van der Waals surface area contributed by atoms with E-state index in [1.165, 1.54) is 11.1 Å². The van der Waals surface area contributed by atoms with Gasteiger partial charge in [-0.2, -0.15) is 0 Å². The number of nitrogens with zero attached hydrogens (tertiary/aromatic N) is 1. The summed E-state index contributed by atoms with van der Waals surface area (Å²) in [5.41, 5.74) is 4.38. The molecule has 1 heterocycles. The molecule has 0 saturated carbocycles. The van der Waals surface area contributed by atoms with Crippen molar-refractivity contribution in [2.45, 2.75) is 26.3 Å². The predicted octanol–water partition coefficient (Wildman–Crippen LogP) is 4.38. The zero-order valence-corrected chi connectivity index (χ0v) is 16.7. The predicted molar refractivity (Wildman–Crippen MR) is 115 cm³/mol. The molecule has 3 aromatic rings. The zero-order valence-electron chi connectivity index (χ0n) is 15.9. The maximum Gasteiger partial charge on any atom is 0.233 e. The highest BCUT2D eigenvalue weighted by Crippen LogP contribution is 2.14. The smallest absolute Gasteiger partial charge is 0.233 e. The lowest BCUT2D eigenvalue weighted by Gasteiger charge is -2.10. The minimum absolute atomic E-state index is 0.0664. The molecule has 3 rings (SSSR count). The van der Waals surface area contributed by atoms with Crippen molar-refractivity contribution in [2.24, 2.45) is 0 Å². The van der Waals surface area contributed by atoms with Crippen molar-refractivity contribution in [3.8, 4) is 0 Å². The van der Waals surface area contributed by atoms with Crippen LogP contribution in [0.5, 0.6) is 0 Å². The second-order valence-corrected chi connectivity index (χ2v) is 8.63. The van der Waals surface area contributed by atoms with Gasteiger partial charge < -0.3 is 5.32 Å². The molecular weight excluding hydrogens is 370 g/mol. The molecule has 28 heavy (non-hydrogen) atoms. The number of benzene rings is 2. The fraction of sp³-hybridized carbons (Fsp3) is 0.227. The Hall–Kier alpha value is -2.86. The third kappa shape index (κ3) is 6.39.